The van der Waals surface area contributed by atoms with Crippen molar-refractivity contribution in [3.8, 4) is 11.1 Å². The SMILES string of the molecule is CNCCc1ccc(-c2ccc3c(=O)n(CCC(C)(C)S(C)(=O)=O)ccc3c2)cc1. The van der Waals surface area contributed by atoms with Crippen LogP contribution in [0.3, 0.4) is 0 Å². The molecule has 0 saturated carbocycles. The summed E-state index contributed by atoms with van der Waals surface area (Å²) in [5.74, 6) is 0. The minimum atomic E-state index is -3.19. The number of nitrogens with zero attached hydrogens (tertiary/aromatic N) is 1. The highest BCUT2D eigenvalue weighted by molar-refractivity contribution is 7.92. The van der Waals surface area contributed by atoms with Gasteiger partial charge in [-0.25, -0.2) is 8.42 Å². The molecule has 2 aromatic carbocycles. The molecular weight excluding hydrogens is 396 g/mol. The fraction of sp³-hybridized carbons (Fsp3) is 0.375. The molecule has 0 bridgehead atoms. The van der Waals surface area contributed by atoms with Gasteiger partial charge in [0.1, 0.15) is 0 Å². The summed E-state index contributed by atoms with van der Waals surface area (Å²) in [7, 11) is -1.24. The molecule has 0 unspecified atom stereocenters. The van der Waals surface area contributed by atoms with Crippen molar-refractivity contribution in [1.29, 1.82) is 0 Å². The maximum atomic E-state index is 12.9. The zero-order chi connectivity index (χ0) is 21.9. The smallest absolute Gasteiger partial charge is 0.258 e. The van der Waals surface area contributed by atoms with Crippen molar-refractivity contribution in [2.24, 2.45) is 0 Å². The Morgan fingerprint density at radius 3 is 2.30 bits per heavy atom. The molecule has 0 saturated heterocycles. The summed E-state index contributed by atoms with van der Waals surface area (Å²) in [6.07, 6.45) is 4.37. The lowest BCUT2D eigenvalue weighted by Crippen LogP contribution is -2.33. The van der Waals surface area contributed by atoms with E-state index in [2.05, 4.69) is 29.6 Å². The molecule has 3 rings (SSSR count). The molecule has 30 heavy (non-hydrogen) atoms. The van der Waals surface area contributed by atoms with Crippen LogP contribution in [0, 0.1) is 0 Å². The number of pyridine rings is 1. The maximum absolute atomic E-state index is 12.9. The molecule has 160 valence electrons. The normalized spacial score (nSPS) is 12.4. The van der Waals surface area contributed by atoms with Gasteiger partial charge in [0, 0.05) is 24.4 Å². The summed E-state index contributed by atoms with van der Waals surface area (Å²) in [4.78, 5) is 12.9. The van der Waals surface area contributed by atoms with Crippen LogP contribution in [-0.2, 0) is 22.8 Å². The van der Waals surface area contributed by atoms with Crippen molar-refractivity contribution in [2.75, 3.05) is 19.8 Å². The van der Waals surface area contributed by atoms with Crippen molar-refractivity contribution in [3.05, 3.63) is 70.6 Å². The number of nitrogens with one attached hydrogen (secondary N) is 1. The average Bonchev–Trinajstić information content (AvgIpc) is 2.71. The summed E-state index contributed by atoms with van der Waals surface area (Å²) in [5, 5.41) is 4.68. The van der Waals surface area contributed by atoms with E-state index in [9.17, 15) is 13.2 Å². The first-order valence-corrected chi connectivity index (χ1v) is 12.1. The van der Waals surface area contributed by atoms with E-state index < -0.39 is 14.6 Å². The average molecular weight is 427 g/mol. The van der Waals surface area contributed by atoms with Crippen LogP contribution in [0.5, 0.6) is 0 Å². The van der Waals surface area contributed by atoms with Crippen molar-refractivity contribution < 1.29 is 8.42 Å². The van der Waals surface area contributed by atoms with Crippen LogP contribution < -0.4 is 10.9 Å². The Morgan fingerprint density at radius 2 is 1.67 bits per heavy atom. The third kappa shape index (κ3) is 4.82. The third-order valence-corrected chi connectivity index (χ3v) is 8.10. The second-order valence-electron chi connectivity index (χ2n) is 8.45. The van der Waals surface area contributed by atoms with E-state index >= 15 is 0 Å². The van der Waals surface area contributed by atoms with Crippen LogP contribution in [0.1, 0.15) is 25.8 Å². The zero-order valence-electron chi connectivity index (χ0n) is 18.1. The molecule has 0 amide bonds. The summed E-state index contributed by atoms with van der Waals surface area (Å²) in [5.41, 5.74) is 3.38. The predicted molar refractivity (Wildman–Crippen MR) is 125 cm³/mol. The number of benzene rings is 2. The summed E-state index contributed by atoms with van der Waals surface area (Å²) in [6.45, 7) is 4.71. The number of aryl methyl sites for hydroxylation is 1. The van der Waals surface area contributed by atoms with Crippen molar-refractivity contribution in [1.82, 2.24) is 9.88 Å². The maximum Gasteiger partial charge on any atom is 0.258 e. The topological polar surface area (TPSA) is 68.2 Å². The minimum absolute atomic E-state index is 0.0919. The minimum Gasteiger partial charge on any atom is -0.319 e. The molecule has 0 fully saturated rings. The number of fused-ring (bicyclic) bond motifs is 1. The van der Waals surface area contributed by atoms with Crippen molar-refractivity contribution in [3.63, 3.8) is 0 Å². The van der Waals surface area contributed by atoms with Gasteiger partial charge in [-0.05, 0) is 80.6 Å². The lowest BCUT2D eigenvalue weighted by atomic mass is 10.0. The highest BCUT2D eigenvalue weighted by Gasteiger charge is 2.29. The molecule has 1 aromatic heterocycles. The Morgan fingerprint density at radius 1 is 1.00 bits per heavy atom. The standard InChI is InChI=1S/C24H30N2O3S/c1-24(2,30(4,28)29)13-16-26-15-12-21-17-20(9-10-22(21)23(26)27)19-7-5-18(6-8-19)11-14-25-3/h5-10,12,15,17,25H,11,13-14,16H2,1-4H3. The summed E-state index contributed by atoms with van der Waals surface area (Å²) < 4.78 is 24.6. The number of likely N-dealkylation sites (N-methyl/N-ethyl adjacent to an activating group) is 1. The van der Waals surface area contributed by atoms with E-state index in [0.29, 0.717) is 18.4 Å². The van der Waals surface area contributed by atoms with Gasteiger partial charge in [-0.15, -0.1) is 0 Å². The molecule has 1 heterocycles. The van der Waals surface area contributed by atoms with E-state index in [0.717, 1.165) is 29.5 Å². The van der Waals surface area contributed by atoms with Crippen LogP contribution in [0.4, 0.5) is 0 Å². The van der Waals surface area contributed by atoms with Crippen molar-refractivity contribution >= 4 is 20.6 Å². The highest BCUT2D eigenvalue weighted by Crippen LogP contribution is 2.24. The quantitative estimate of drug-likeness (QED) is 0.597. The first kappa shape index (κ1) is 22.2. The van der Waals surface area contributed by atoms with Crippen LogP contribution in [0.25, 0.3) is 21.9 Å². The monoisotopic (exact) mass is 426 g/mol. The van der Waals surface area contributed by atoms with E-state index in [-0.39, 0.29) is 5.56 Å². The number of hydrogen-bond donors (Lipinski definition) is 1. The van der Waals surface area contributed by atoms with E-state index in [4.69, 9.17) is 0 Å². The largest absolute Gasteiger partial charge is 0.319 e. The molecule has 0 atom stereocenters. The lowest BCUT2D eigenvalue weighted by Gasteiger charge is -2.22. The third-order valence-electron chi connectivity index (χ3n) is 5.89. The fourth-order valence-corrected chi connectivity index (χ4v) is 3.81. The second kappa shape index (κ2) is 8.74. The van der Waals surface area contributed by atoms with Gasteiger partial charge in [0.05, 0.1) is 4.75 Å². The van der Waals surface area contributed by atoms with Gasteiger partial charge in [-0.2, -0.15) is 0 Å². The number of rotatable bonds is 8. The Kier molecular flexibility index (Phi) is 6.48. The lowest BCUT2D eigenvalue weighted by molar-refractivity contribution is 0.496. The van der Waals surface area contributed by atoms with Gasteiger partial charge in [0.25, 0.3) is 5.56 Å². The van der Waals surface area contributed by atoms with Gasteiger partial charge in [-0.3, -0.25) is 4.79 Å². The number of hydrogen-bond acceptors (Lipinski definition) is 4. The summed E-state index contributed by atoms with van der Waals surface area (Å²) in [6, 6.07) is 16.3. The Labute approximate surface area is 178 Å². The van der Waals surface area contributed by atoms with E-state index in [1.807, 2.05) is 31.3 Å². The van der Waals surface area contributed by atoms with Gasteiger partial charge in [0.15, 0.2) is 9.84 Å². The molecule has 0 aliphatic heterocycles. The van der Waals surface area contributed by atoms with Crippen LogP contribution in [0.15, 0.2) is 59.5 Å². The van der Waals surface area contributed by atoms with Crippen LogP contribution >= 0.6 is 0 Å². The van der Waals surface area contributed by atoms with Gasteiger partial charge in [0.2, 0.25) is 0 Å². The van der Waals surface area contributed by atoms with Crippen LogP contribution in [-0.4, -0.2) is 37.6 Å². The molecular formula is C24H30N2O3S. The first-order chi connectivity index (χ1) is 14.1. The Balaban J connectivity index is 1.85. The second-order valence-corrected chi connectivity index (χ2v) is 11.1. The van der Waals surface area contributed by atoms with Gasteiger partial charge >= 0.3 is 0 Å². The number of aromatic nitrogens is 1. The first-order valence-electron chi connectivity index (χ1n) is 10.2. The predicted octanol–water partition coefficient (Wildman–Crippen LogP) is 3.64. The van der Waals surface area contributed by atoms with E-state index in [1.165, 1.54) is 11.8 Å². The highest BCUT2D eigenvalue weighted by atomic mass is 32.2. The van der Waals surface area contributed by atoms with Gasteiger partial charge in [-0.1, -0.05) is 30.3 Å². The van der Waals surface area contributed by atoms with Crippen LogP contribution in [0.2, 0.25) is 0 Å². The number of sulfone groups is 1. The molecule has 1 N–H and O–H groups in total. The Hall–Kier alpha value is -2.44. The molecule has 0 aliphatic rings. The van der Waals surface area contributed by atoms with Gasteiger partial charge < -0.3 is 9.88 Å². The molecule has 0 spiro atoms. The molecule has 0 radical (unpaired) electrons. The summed E-state index contributed by atoms with van der Waals surface area (Å²) >= 11 is 0. The van der Waals surface area contributed by atoms with Crippen molar-refractivity contribution in [2.45, 2.75) is 38.0 Å². The fourth-order valence-electron chi connectivity index (χ4n) is 3.35. The molecule has 0 aliphatic carbocycles. The molecule has 5 nitrogen and oxygen atoms in total. The zero-order valence-corrected chi connectivity index (χ0v) is 18.9. The molecule has 3 aromatic rings. The molecule has 6 heteroatoms. The Bertz CT molecular complexity index is 1190. The van der Waals surface area contributed by atoms with E-state index in [1.54, 1.807) is 24.6 Å².